The summed E-state index contributed by atoms with van der Waals surface area (Å²) in [5.74, 6) is -0.254. The maximum absolute atomic E-state index is 12.6. The number of rotatable bonds is 6. The van der Waals surface area contributed by atoms with E-state index in [9.17, 15) is 17.6 Å². The second-order valence-corrected chi connectivity index (χ2v) is 3.71. The van der Waals surface area contributed by atoms with Crippen LogP contribution >= 0.6 is 0 Å². The summed E-state index contributed by atoms with van der Waals surface area (Å²) in [6.07, 6.45) is -5.41. The predicted molar refractivity (Wildman–Crippen MR) is 56.6 cm³/mol. The lowest BCUT2D eigenvalue weighted by Gasteiger charge is -2.16. The fourth-order valence-electron chi connectivity index (χ4n) is 1.31. The quantitative estimate of drug-likeness (QED) is 0.685. The Balaban J connectivity index is 2.62. The van der Waals surface area contributed by atoms with Gasteiger partial charge in [0.05, 0.1) is 0 Å². The molecule has 0 unspecified atom stereocenters. The summed E-state index contributed by atoms with van der Waals surface area (Å²) >= 11 is 0. The highest BCUT2D eigenvalue weighted by Gasteiger charge is 2.43. The van der Waals surface area contributed by atoms with E-state index < -0.39 is 12.5 Å². The van der Waals surface area contributed by atoms with E-state index in [4.69, 9.17) is 0 Å². The Morgan fingerprint density at radius 2 is 1.76 bits per heavy atom. The molecule has 1 aromatic carbocycles. The third-order valence-corrected chi connectivity index (χ3v) is 2.25. The lowest BCUT2D eigenvalue weighted by atomic mass is 10.1. The average molecular weight is 250 g/mol. The number of halogens is 4. The Morgan fingerprint density at radius 1 is 1.18 bits per heavy atom. The molecule has 0 saturated heterocycles. The number of unbranched alkanes of at least 4 members (excludes halogenated alkanes) is 1. The Labute approximate surface area is 97.4 Å². The summed E-state index contributed by atoms with van der Waals surface area (Å²) in [5.41, 5.74) is 0.972. The van der Waals surface area contributed by atoms with Crippen LogP contribution in [0.5, 0.6) is 5.75 Å². The molecule has 0 saturated carbocycles. The molecule has 0 aliphatic rings. The first-order valence-corrected chi connectivity index (χ1v) is 5.39. The number of hydrogen-bond donors (Lipinski definition) is 0. The third-order valence-electron chi connectivity index (χ3n) is 2.25. The van der Waals surface area contributed by atoms with Crippen molar-refractivity contribution in [2.24, 2.45) is 0 Å². The molecule has 0 fully saturated rings. The van der Waals surface area contributed by atoms with Crippen LogP contribution in [0.3, 0.4) is 0 Å². The first-order chi connectivity index (χ1) is 7.95. The zero-order chi connectivity index (χ0) is 12.9. The normalized spacial score (nSPS) is 11.9. The van der Waals surface area contributed by atoms with Gasteiger partial charge in [-0.1, -0.05) is 25.5 Å². The zero-order valence-corrected chi connectivity index (χ0v) is 9.43. The molecule has 17 heavy (non-hydrogen) atoms. The predicted octanol–water partition coefficient (Wildman–Crippen LogP) is 4.27. The second kappa shape index (κ2) is 5.89. The molecule has 0 radical (unpaired) electrons. The zero-order valence-electron chi connectivity index (χ0n) is 9.43. The lowest BCUT2D eigenvalue weighted by molar-refractivity contribution is -0.253. The Kier molecular flexibility index (Phi) is 4.78. The Hall–Kier alpha value is -1.26. The minimum Gasteiger partial charge on any atom is -0.428 e. The van der Waals surface area contributed by atoms with Crippen molar-refractivity contribution in [2.75, 3.05) is 0 Å². The largest absolute Gasteiger partial charge is 0.461 e. The second-order valence-electron chi connectivity index (χ2n) is 3.71. The molecule has 0 spiro atoms. The van der Waals surface area contributed by atoms with Crippen molar-refractivity contribution in [3.8, 4) is 5.75 Å². The number of hydrogen-bond acceptors (Lipinski definition) is 1. The van der Waals surface area contributed by atoms with E-state index in [0.717, 1.165) is 24.8 Å². The molecule has 1 rings (SSSR count). The van der Waals surface area contributed by atoms with Crippen molar-refractivity contribution in [1.82, 2.24) is 0 Å². The fourth-order valence-corrected chi connectivity index (χ4v) is 1.31. The standard InChI is InChI=1S/C12H14F4O/c1-2-3-4-9-5-7-10(8-6-9)17-12(15,16)11(13)14/h5-8,11H,2-4H2,1H3. The molecule has 0 atom stereocenters. The molecule has 1 nitrogen and oxygen atoms in total. The van der Waals surface area contributed by atoms with Crippen LogP contribution in [-0.2, 0) is 6.42 Å². The van der Waals surface area contributed by atoms with E-state index in [1.807, 2.05) is 6.92 Å². The highest BCUT2D eigenvalue weighted by Crippen LogP contribution is 2.27. The van der Waals surface area contributed by atoms with Gasteiger partial charge in [-0.3, -0.25) is 0 Å². The number of benzene rings is 1. The number of alkyl halides is 4. The SMILES string of the molecule is CCCCc1ccc(OC(F)(F)C(F)F)cc1. The lowest BCUT2D eigenvalue weighted by Crippen LogP contribution is -2.33. The highest BCUT2D eigenvalue weighted by molar-refractivity contribution is 5.27. The first-order valence-electron chi connectivity index (χ1n) is 5.39. The van der Waals surface area contributed by atoms with Gasteiger partial charge in [0, 0.05) is 0 Å². The van der Waals surface area contributed by atoms with Crippen LogP contribution in [0.2, 0.25) is 0 Å². The van der Waals surface area contributed by atoms with Gasteiger partial charge >= 0.3 is 12.5 Å². The minimum atomic E-state index is -4.44. The van der Waals surface area contributed by atoms with Crippen LogP contribution in [-0.4, -0.2) is 12.5 Å². The summed E-state index contributed by atoms with van der Waals surface area (Å²) in [6.45, 7) is 2.04. The van der Waals surface area contributed by atoms with Gasteiger partial charge in [-0.2, -0.15) is 17.6 Å². The van der Waals surface area contributed by atoms with Crippen LogP contribution in [0.4, 0.5) is 17.6 Å². The van der Waals surface area contributed by atoms with Crippen molar-refractivity contribution in [2.45, 2.75) is 38.7 Å². The first kappa shape index (κ1) is 13.8. The summed E-state index contributed by atoms with van der Waals surface area (Å²) < 4.78 is 52.8. The molecule has 0 aromatic heterocycles. The smallest absolute Gasteiger partial charge is 0.428 e. The summed E-state index contributed by atoms with van der Waals surface area (Å²) in [7, 11) is 0. The molecule has 1 aromatic rings. The fraction of sp³-hybridized carbons (Fsp3) is 0.500. The number of aryl methyl sites for hydroxylation is 1. The van der Waals surface area contributed by atoms with Gasteiger partial charge in [-0.25, -0.2) is 0 Å². The van der Waals surface area contributed by atoms with Gasteiger partial charge in [-0.05, 0) is 30.5 Å². The summed E-state index contributed by atoms with van der Waals surface area (Å²) in [4.78, 5) is 0. The molecule has 0 amide bonds. The highest BCUT2D eigenvalue weighted by atomic mass is 19.3. The van der Waals surface area contributed by atoms with Crippen molar-refractivity contribution in [3.63, 3.8) is 0 Å². The molecular formula is C12H14F4O. The molecular weight excluding hydrogens is 236 g/mol. The minimum absolute atomic E-state index is 0.254. The van der Waals surface area contributed by atoms with E-state index in [0.29, 0.717) is 0 Å². The van der Waals surface area contributed by atoms with Crippen LogP contribution in [0.15, 0.2) is 24.3 Å². The molecule has 0 bridgehead atoms. The maximum Gasteiger partial charge on any atom is 0.461 e. The van der Waals surface area contributed by atoms with E-state index in [1.165, 1.54) is 12.1 Å². The van der Waals surface area contributed by atoms with Crippen LogP contribution in [0.25, 0.3) is 0 Å². The Morgan fingerprint density at radius 3 is 2.24 bits per heavy atom. The van der Waals surface area contributed by atoms with Crippen LogP contribution < -0.4 is 4.74 Å². The van der Waals surface area contributed by atoms with E-state index >= 15 is 0 Å². The van der Waals surface area contributed by atoms with Gasteiger partial charge in [0.25, 0.3) is 0 Å². The van der Waals surface area contributed by atoms with Gasteiger partial charge in [0.15, 0.2) is 0 Å². The van der Waals surface area contributed by atoms with Crippen molar-refractivity contribution in [3.05, 3.63) is 29.8 Å². The number of ether oxygens (including phenoxy) is 1. The summed E-state index contributed by atoms with van der Waals surface area (Å²) in [5, 5.41) is 0. The molecule has 0 aliphatic carbocycles. The van der Waals surface area contributed by atoms with E-state index in [2.05, 4.69) is 4.74 Å². The molecule has 96 valence electrons. The van der Waals surface area contributed by atoms with Gasteiger partial charge < -0.3 is 4.74 Å². The molecule has 0 aliphatic heterocycles. The average Bonchev–Trinajstić information content (AvgIpc) is 2.27. The topological polar surface area (TPSA) is 9.23 Å². The molecule has 5 heteroatoms. The van der Waals surface area contributed by atoms with E-state index in [-0.39, 0.29) is 5.75 Å². The molecule has 0 heterocycles. The maximum atomic E-state index is 12.6. The molecule has 0 N–H and O–H groups in total. The van der Waals surface area contributed by atoms with Crippen LogP contribution in [0, 0.1) is 0 Å². The Bertz CT molecular complexity index is 335. The van der Waals surface area contributed by atoms with E-state index in [1.54, 1.807) is 12.1 Å². The van der Waals surface area contributed by atoms with Crippen molar-refractivity contribution in [1.29, 1.82) is 0 Å². The van der Waals surface area contributed by atoms with Crippen LogP contribution in [0.1, 0.15) is 25.3 Å². The van der Waals surface area contributed by atoms with Gasteiger partial charge in [0.2, 0.25) is 0 Å². The van der Waals surface area contributed by atoms with Gasteiger partial charge in [-0.15, -0.1) is 0 Å². The van der Waals surface area contributed by atoms with Crippen molar-refractivity contribution >= 4 is 0 Å². The van der Waals surface area contributed by atoms with Crippen molar-refractivity contribution < 1.29 is 22.3 Å². The monoisotopic (exact) mass is 250 g/mol. The summed E-state index contributed by atoms with van der Waals surface area (Å²) in [6, 6.07) is 5.77. The van der Waals surface area contributed by atoms with Gasteiger partial charge in [0.1, 0.15) is 5.75 Å². The third kappa shape index (κ3) is 4.24.